The van der Waals surface area contributed by atoms with Gasteiger partial charge in [-0.25, -0.2) is 0 Å². The van der Waals surface area contributed by atoms with E-state index in [1.54, 1.807) is 43.6 Å². The summed E-state index contributed by atoms with van der Waals surface area (Å²) in [5, 5.41) is 6.91. The van der Waals surface area contributed by atoms with Crippen molar-refractivity contribution in [1.29, 1.82) is 0 Å². The highest BCUT2D eigenvalue weighted by Crippen LogP contribution is 2.25. The van der Waals surface area contributed by atoms with Gasteiger partial charge in [-0.15, -0.1) is 0 Å². The van der Waals surface area contributed by atoms with Gasteiger partial charge in [0.2, 0.25) is 0 Å². The Hall–Kier alpha value is -1.82. The molecular weight excluding hydrogens is 325 g/mol. The number of hydrogen-bond acceptors (Lipinski definition) is 4. The van der Waals surface area contributed by atoms with Crippen molar-refractivity contribution in [3.8, 4) is 0 Å². The van der Waals surface area contributed by atoms with Crippen molar-refractivity contribution in [1.82, 2.24) is 10.3 Å². The highest BCUT2D eigenvalue weighted by molar-refractivity contribution is 6.35. The SMILES string of the molecule is COCCNC(=O)c1cc(Nc2cc(Cl)cc(Cl)c2)ccn1. The number of halogens is 2. The van der Waals surface area contributed by atoms with Crippen molar-refractivity contribution >= 4 is 40.5 Å². The number of methoxy groups -OCH3 is 1. The third-order valence-corrected chi connectivity index (χ3v) is 3.17. The van der Waals surface area contributed by atoms with Gasteiger partial charge < -0.3 is 15.4 Å². The smallest absolute Gasteiger partial charge is 0.270 e. The molecule has 0 unspecified atom stereocenters. The van der Waals surface area contributed by atoms with E-state index in [1.165, 1.54) is 0 Å². The fraction of sp³-hybridized carbons (Fsp3) is 0.200. The van der Waals surface area contributed by atoms with Crippen molar-refractivity contribution in [2.45, 2.75) is 0 Å². The number of nitrogens with zero attached hydrogens (tertiary/aromatic N) is 1. The van der Waals surface area contributed by atoms with Gasteiger partial charge in [0.25, 0.3) is 5.91 Å². The minimum absolute atomic E-state index is 0.259. The first-order valence-electron chi connectivity index (χ1n) is 6.55. The second kappa shape index (κ2) is 7.98. The lowest BCUT2D eigenvalue weighted by Gasteiger charge is -2.09. The lowest BCUT2D eigenvalue weighted by Crippen LogP contribution is -2.27. The first-order valence-corrected chi connectivity index (χ1v) is 7.30. The van der Waals surface area contributed by atoms with Crippen LogP contribution in [0.25, 0.3) is 0 Å². The highest BCUT2D eigenvalue weighted by Gasteiger charge is 2.07. The van der Waals surface area contributed by atoms with Crippen LogP contribution in [-0.4, -0.2) is 31.2 Å². The molecule has 1 heterocycles. The Morgan fingerprint density at radius 3 is 2.59 bits per heavy atom. The Bertz CT molecular complexity index is 645. The van der Waals surface area contributed by atoms with Crippen LogP contribution in [0.4, 0.5) is 11.4 Å². The van der Waals surface area contributed by atoms with E-state index < -0.39 is 0 Å². The summed E-state index contributed by atoms with van der Waals surface area (Å²) in [4.78, 5) is 16.0. The lowest BCUT2D eigenvalue weighted by atomic mass is 10.2. The van der Waals surface area contributed by atoms with Crippen LogP contribution >= 0.6 is 23.2 Å². The third-order valence-electron chi connectivity index (χ3n) is 2.74. The molecule has 1 aromatic carbocycles. The zero-order valence-corrected chi connectivity index (χ0v) is 13.4. The normalized spacial score (nSPS) is 10.3. The van der Waals surface area contributed by atoms with Crippen LogP contribution in [0, 0.1) is 0 Å². The van der Waals surface area contributed by atoms with E-state index in [0.29, 0.717) is 34.6 Å². The van der Waals surface area contributed by atoms with Gasteiger partial charge in [0.05, 0.1) is 6.61 Å². The maximum atomic E-state index is 11.9. The minimum atomic E-state index is -0.259. The molecule has 2 N–H and O–H groups in total. The monoisotopic (exact) mass is 339 g/mol. The Kier molecular flexibility index (Phi) is 6.00. The summed E-state index contributed by atoms with van der Waals surface area (Å²) in [6.07, 6.45) is 1.56. The molecule has 116 valence electrons. The molecule has 0 saturated heterocycles. The van der Waals surface area contributed by atoms with E-state index >= 15 is 0 Å². The fourth-order valence-corrected chi connectivity index (χ4v) is 2.31. The Morgan fingerprint density at radius 2 is 1.91 bits per heavy atom. The number of benzene rings is 1. The summed E-state index contributed by atoms with van der Waals surface area (Å²) in [7, 11) is 1.57. The molecule has 0 aliphatic rings. The van der Waals surface area contributed by atoms with Crippen LogP contribution in [-0.2, 0) is 4.74 Å². The second-order valence-corrected chi connectivity index (χ2v) is 5.33. The van der Waals surface area contributed by atoms with Gasteiger partial charge >= 0.3 is 0 Å². The van der Waals surface area contributed by atoms with Gasteiger partial charge in [-0.2, -0.15) is 0 Å². The summed E-state index contributed by atoms with van der Waals surface area (Å²) < 4.78 is 4.88. The highest BCUT2D eigenvalue weighted by atomic mass is 35.5. The average Bonchev–Trinajstić information content (AvgIpc) is 2.46. The van der Waals surface area contributed by atoms with E-state index in [1.807, 2.05) is 0 Å². The first-order chi connectivity index (χ1) is 10.6. The maximum Gasteiger partial charge on any atom is 0.270 e. The van der Waals surface area contributed by atoms with E-state index in [0.717, 1.165) is 5.69 Å². The summed E-state index contributed by atoms with van der Waals surface area (Å²) in [5.74, 6) is -0.259. The third kappa shape index (κ3) is 4.87. The number of anilines is 2. The number of nitrogens with one attached hydrogen (secondary N) is 2. The van der Waals surface area contributed by atoms with Crippen molar-refractivity contribution < 1.29 is 9.53 Å². The van der Waals surface area contributed by atoms with Crippen LogP contribution in [0.15, 0.2) is 36.5 Å². The zero-order valence-electron chi connectivity index (χ0n) is 11.9. The van der Waals surface area contributed by atoms with Crippen molar-refractivity contribution in [2.24, 2.45) is 0 Å². The maximum absolute atomic E-state index is 11.9. The van der Waals surface area contributed by atoms with Crippen molar-refractivity contribution in [3.63, 3.8) is 0 Å². The Labute approximate surface area is 138 Å². The van der Waals surface area contributed by atoms with Gasteiger partial charge in [0, 0.05) is 41.3 Å². The topological polar surface area (TPSA) is 63.2 Å². The second-order valence-electron chi connectivity index (χ2n) is 4.46. The van der Waals surface area contributed by atoms with E-state index in [2.05, 4.69) is 15.6 Å². The van der Waals surface area contributed by atoms with Gasteiger partial charge in [-0.3, -0.25) is 9.78 Å². The zero-order chi connectivity index (χ0) is 15.9. The molecule has 0 aliphatic carbocycles. The van der Waals surface area contributed by atoms with E-state index in [-0.39, 0.29) is 5.91 Å². The summed E-state index contributed by atoms with van der Waals surface area (Å²) in [5.41, 5.74) is 1.76. The molecule has 2 aromatic rings. The van der Waals surface area contributed by atoms with Gasteiger partial charge in [-0.05, 0) is 30.3 Å². The lowest BCUT2D eigenvalue weighted by molar-refractivity contribution is 0.0932. The van der Waals surface area contributed by atoms with Crippen LogP contribution < -0.4 is 10.6 Å². The number of amides is 1. The van der Waals surface area contributed by atoms with Gasteiger partial charge in [-0.1, -0.05) is 23.2 Å². The number of carbonyl (C=O) groups is 1. The van der Waals surface area contributed by atoms with Gasteiger partial charge in [0.1, 0.15) is 5.69 Å². The van der Waals surface area contributed by atoms with Crippen molar-refractivity contribution in [3.05, 3.63) is 52.3 Å². The number of pyridine rings is 1. The number of aromatic nitrogens is 1. The van der Waals surface area contributed by atoms with E-state index in [4.69, 9.17) is 27.9 Å². The summed E-state index contributed by atoms with van der Waals surface area (Å²) in [6, 6.07) is 8.53. The molecule has 0 radical (unpaired) electrons. The summed E-state index contributed by atoms with van der Waals surface area (Å²) >= 11 is 11.9. The fourth-order valence-electron chi connectivity index (χ4n) is 1.78. The molecule has 0 bridgehead atoms. The molecule has 0 fully saturated rings. The molecule has 0 aliphatic heterocycles. The number of ether oxygens (including phenoxy) is 1. The van der Waals surface area contributed by atoms with Crippen molar-refractivity contribution in [2.75, 3.05) is 25.6 Å². The van der Waals surface area contributed by atoms with Crippen LogP contribution in [0.2, 0.25) is 10.0 Å². The van der Waals surface area contributed by atoms with Crippen LogP contribution in [0.3, 0.4) is 0 Å². The molecule has 1 aromatic heterocycles. The molecule has 1 amide bonds. The standard InChI is InChI=1S/C15H15Cl2N3O2/c1-22-5-4-19-15(21)14-9-12(2-3-18-14)20-13-7-10(16)6-11(17)8-13/h2-3,6-9H,4-5H2,1H3,(H,18,20)(H,19,21). The molecule has 0 atom stereocenters. The molecule has 7 heteroatoms. The summed E-state index contributed by atoms with van der Waals surface area (Å²) in [6.45, 7) is 0.878. The molecule has 2 rings (SSSR count). The number of rotatable bonds is 6. The Balaban J connectivity index is 2.09. The molecular formula is C15H15Cl2N3O2. The largest absolute Gasteiger partial charge is 0.383 e. The first kappa shape index (κ1) is 16.5. The van der Waals surface area contributed by atoms with Gasteiger partial charge in [0.15, 0.2) is 0 Å². The number of hydrogen-bond donors (Lipinski definition) is 2. The van der Waals surface area contributed by atoms with Crippen LogP contribution in [0.1, 0.15) is 10.5 Å². The van der Waals surface area contributed by atoms with Crippen LogP contribution in [0.5, 0.6) is 0 Å². The predicted octanol–water partition coefficient (Wildman–Crippen LogP) is 3.51. The molecule has 0 saturated carbocycles. The number of carbonyl (C=O) groups excluding carboxylic acids is 1. The molecule has 5 nitrogen and oxygen atoms in total. The Morgan fingerprint density at radius 1 is 1.18 bits per heavy atom. The van der Waals surface area contributed by atoms with E-state index in [9.17, 15) is 4.79 Å². The molecule has 0 spiro atoms. The molecule has 22 heavy (non-hydrogen) atoms. The minimum Gasteiger partial charge on any atom is -0.383 e. The predicted molar refractivity (Wildman–Crippen MR) is 88.2 cm³/mol. The average molecular weight is 340 g/mol. The quantitative estimate of drug-likeness (QED) is 0.790.